The fraction of sp³-hybridized carbons (Fsp3) is 0.296. The summed E-state index contributed by atoms with van der Waals surface area (Å²) in [5.41, 5.74) is 0.133. The molecule has 2 atom stereocenters. The molecule has 194 valence electrons. The van der Waals surface area contributed by atoms with Crippen LogP contribution in [0, 0.1) is 11.3 Å². The molecule has 4 amide bonds. The number of carbonyl (C=O) groups excluding carboxylic acids is 3. The number of urea groups is 1. The fourth-order valence-corrected chi connectivity index (χ4v) is 6.28. The second-order valence-corrected chi connectivity index (χ2v) is 10.5. The first-order valence-electron chi connectivity index (χ1n) is 11.9. The lowest BCUT2D eigenvalue weighted by atomic mass is 9.80. The lowest BCUT2D eigenvalue weighted by molar-refractivity contribution is -0.134. The van der Waals surface area contributed by atoms with Gasteiger partial charge in [-0.05, 0) is 55.2 Å². The van der Waals surface area contributed by atoms with E-state index < -0.39 is 35.3 Å². The SMILES string of the molecule is CN1C(=O)N(c2cc(Cl)cc(Cl)c2)C(=O)[C@]12CN(C(=O)C1=C(C(=O)O)CCC1)C[C@H]2c1ccc(C#N)cc1. The monoisotopic (exact) mass is 552 g/mol. The number of nitrogens with zero attached hydrogens (tertiary/aromatic N) is 4. The molecule has 2 aliphatic heterocycles. The molecule has 3 aliphatic rings. The Bertz CT molecular complexity index is 1440. The lowest BCUT2D eigenvalue weighted by Gasteiger charge is -2.33. The van der Waals surface area contributed by atoms with Gasteiger partial charge in [0, 0.05) is 40.7 Å². The maximum absolute atomic E-state index is 14.2. The van der Waals surface area contributed by atoms with Crippen LogP contribution < -0.4 is 4.90 Å². The molecule has 9 nitrogen and oxygen atoms in total. The number of imide groups is 1. The minimum atomic E-state index is -1.47. The zero-order valence-corrected chi connectivity index (χ0v) is 21.8. The topological polar surface area (TPSA) is 122 Å². The molecule has 0 radical (unpaired) electrons. The van der Waals surface area contributed by atoms with Crippen LogP contribution in [0.15, 0.2) is 53.6 Å². The number of benzene rings is 2. The van der Waals surface area contributed by atoms with Crippen LogP contribution >= 0.6 is 23.2 Å². The Morgan fingerprint density at radius 1 is 1.05 bits per heavy atom. The summed E-state index contributed by atoms with van der Waals surface area (Å²) in [6, 6.07) is 12.5. The molecule has 2 fully saturated rings. The van der Waals surface area contributed by atoms with Crippen molar-refractivity contribution in [2.45, 2.75) is 30.7 Å². The van der Waals surface area contributed by atoms with Gasteiger partial charge in [0.25, 0.3) is 5.91 Å². The van der Waals surface area contributed by atoms with Crippen LogP contribution in [-0.2, 0) is 14.4 Å². The number of nitriles is 1. The van der Waals surface area contributed by atoms with E-state index in [2.05, 4.69) is 6.07 Å². The van der Waals surface area contributed by atoms with Crippen molar-refractivity contribution in [1.82, 2.24) is 9.80 Å². The maximum atomic E-state index is 14.2. The van der Waals surface area contributed by atoms with Gasteiger partial charge >= 0.3 is 12.0 Å². The Hall–Kier alpha value is -3.87. The van der Waals surface area contributed by atoms with E-state index in [9.17, 15) is 29.5 Å². The van der Waals surface area contributed by atoms with Crippen molar-refractivity contribution in [3.8, 4) is 6.07 Å². The van der Waals surface area contributed by atoms with Crippen molar-refractivity contribution >= 4 is 52.7 Å². The average Bonchev–Trinajstić information content (AvgIpc) is 3.57. The van der Waals surface area contributed by atoms with Crippen molar-refractivity contribution in [3.63, 3.8) is 0 Å². The number of aliphatic carboxylic acids is 1. The van der Waals surface area contributed by atoms with E-state index in [1.54, 1.807) is 24.3 Å². The molecule has 0 aromatic heterocycles. The first-order chi connectivity index (χ1) is 18.1. The molecule has 2 aromatic carbocycles. The number of anilines is 1. The highest BCUT2D eigenvalue weighted by atomic mass is 35.5. The predicted octanol–water partition coefficient (Wildman–Crippen LogP) is 4.19. The number of carboxylic acids is 1. The van der Waals surface area contributed by atoms with Crippen molar-refractivity contribution in [1.29, 1.82) is 5.26 Å². The minimum Gasteiger partial charge on any atom is -0.478 e. The number of amides is 4. The summed E-state index contributed by atoms with van der Waals surface area (Å²) in [4.78, 5) is 56.9. The van der Waals surface area contributed by atoms with E-state index >= 15 is 0 Å². The molecule has 1 N–H and O–H groups in total. The molecule has 5 rings (SSSR count). The Morgan fingerprint density at radius 2 is 1.68 bits per heavy atom. The first kappa shape index (κ1) is 25.8. The zero-order valence-electron chi connectivity index (χ0n) is 20.3. The van der Waals surface area contributed by atoms with Gasteiger partial charge in [-0.1, -0.05) is 35.3 Å². The van der Waals surface area contributed by atoms with Crippen LogP contribution in [0.2, 0.25) is 10.0 Å². The van der Waals surface area contributed by atoms with Gasteiger partial charge in [-0.15, -0.1) is 0 Å². The molecule has 2 saturated heterocycles. The van der Waals surface area contributed by atoms with E-state index in [1.807, 2.05) is 0 Å². The van der Waals surface area contributed by atoms with Crippen LogP contribution in [0.25, 0.3) is 0 Å². The molecule has 0 saturated carbocycles. The summed E-state index contributed by atoms with van der Waals surface area (Å²) in [7, 11) is 1.51. The largest absolute Gasteiger partial charge is 0.478 e. The number of likely N-dealkylation sites (N-methyl/N-ethyl adjacent to an activating group) is 1. The number of rotatable bonds is 4. The van der Waals surface area contributed by atoms with Crippen LogP contribution in [0.4, 0.5) is 10.5 Å². The smallest absolute Gasteiger partial charge is 0.332 e. The molecule has 1 spiro atoms. The lowest BCUT2D eigenvalue weighted by Crippen LogP contribution is -2.54. The molecule has 2 heterocycles. The number of carbonyl (C=O) groups is 4. The van der Waals surface area contributed by atoms with Gasteiger partial charge in [0.05, 0.1) is 23.9 Å². The Balaban J connectivity index is 1.61. The highest BCUT2D eigenvalue weighted by Gasteiger charge is 2.65. The van der Waals surface area contributed by atoms with E-state index in [0.717, 1.165) is 4.90 Å². The number of halogens is 2. The molecule has 38 heavy (non-hydrogen) atoms. The summed E-state index contributed by atoms with van der Waals surface area (Å²) in [5, 5.41) is 19.3. The predicted molar refractivity (Wildman–Crippen MR) is 139 cm³/mol. The van der Waals surface area contributed by atoms with E-state index in [0.29, 0.717) is 30.4 Å². The van der Waals surface area contributed by atoms with E-state index in [-0.39, 0.29) is 40.0 Å². The highest BCUT2D eigenvalue weighted by molar-refractivity contribution is 6.36. The standard InChI is InChI=1S/C27H22Cl2N4O5/c1-31-26(38)33(19-10-17(28)9-18(29)11-19)25(37)27(31)14-32(23(34)20-3-2-4-21(20)24(35)36)13-22(27)16-7-5-15(12-30)6-8-16/h5-11,22H,2-4,13-14H2,1H3,(H,35,36)/t22-,27+/m0/s1. The molecule has 0 unspecified atom stereocenters. The molecule has 0 bridgehead atoms. The number of hydrogen-bond donors (Lipinski definition) is 1. The van der Waals surface area contributed by atoms with Crippen molar-refractivity contribution in [2.75, 3.05) is 25.0 Å². The fourth-order valence-electron chi connectivity index (χ4n) is 5.77. The summed E-state index contributed by atoms with van der Waals surface area (Å²) >= 11 is 12.3. The van der Waals surface area contributed by atoms with Gasteiger partial charge in [0.1, 0.15) is 5.54 Å². The average molecular weight is 553 g/mol. The molecular weight excluding hydrogens is 531 g/mol. The Morgan fingerprint density at radius 3 is 2.29 bits per heavy atom. The summed E-state index contributed by atoms with van der Waals surface area (Å²) in [5.74, 6) is -2.77. The molecule has 11 heteroatoms. The van der Waals surface area contributed by atoms with E-state index in [1.165, 1.54) is 35.0 Å². The van der Waals surface area contributed by atoms with Crippen LogP contribution in [0.3, 0.4) is 0 Å². The van der Waals surface area contributed by atoms with Crippen LogP contribution in [-0.4, -0.2) is 64.4 Å². The van der Waals surface area contributed by atoms with E-state index in [4.69, 9.17) is 23.2 Å². The second kappa shape index (κ2) is 9.46. The molecule has 2 aromatic rings. The third-order valence-electron chi connectivity index (χ3n) is 7.63. The number of hydrogen-bond acceptors (Lipinski definition) is 5. The number of likely N-dealkylation sites (tertiary alicyclic amines) is 1. The molecule has 1 aliphatic carbocycles. The minimum absolute atomic E-state index is 0.0780. The summed E-state index contributed by atoms with van der Waals surface area (Å²) in [6.07, 6.45) is 1.19. The summed E-state index contributed by atoms with van der Waals surface area (Å²) < 4.78 is 0. The highest BCUT2D eigenvalue weighted by Crippen LogP contribution is 2.47. The van der Waals surface area contributed by atoms with Gasteiger partial charge < -0.3 is 14.9 Å². The van der Waals surface area contributed by atoms with Gasteiger partial charge in [-0.25, -0.2) is 14.5 Å². The summed E-state index contributed by atoms with van der Waals surface area (Å²) in [6.45, 7) is -0.0482. The van der Waals surface area contributed by atoms with Crippen LogP contribution in [0.5, 0.6) is 0 Å². The van der Waals surface area contributed by atoms with Crippen LogP contribution in [0.1, 0.15) is 36.3 Å². The Labute approximate surface area is 228 Å². The Kier molecular flexibility index (Phi) is 6.41. The normalized spacial score (nSPS) is 23.1. The van der Waals surface area contributed by atoms with Gasteiger partial charge in [-0.2, -0.15) is 5.26 Å². The second-order valence-electron chi connectivity index (χ2n) is 9.62. The maximum Gasteiger partial charge on any atom is 0.332 e. The van der Waals surface area contributed by atoms with Crippen molar-refractivity contribution < 1.29 is 24.3 Å². The van der Waals surface area contributed by atoms with Gasteiger partial charge in [0.2, 0.25) is 5.91 Å². The number of carboxylic acid groups (broad SMARTS) is 1. The third-order valence-corrected chi connectivity index (χ3v) is 8.07. The quantitative estimate of drug-likeness (QED) is 0.567. The first-order valence-corrected chi connectivity index (χ1v) is 12.7. The van der Waals surface area contributed by atoms with Crippen molar-refractivity contribution in [3.05, 3.63) is 74.8 Å². The van der Waals surface area contributed by atoms with Crippen molar-refractivity contribution in [2.24, 2.45) is 0 Å². The molecular formula is C27H22Cl2N4O5. The van der Waals surface area contributed by atoms with Gasteiger partial charge in [0.15, 0.2) is 0 Å². The zero-order chi connectivity index (χ0) is 27.4. The third kappa shape index (κ3) is 3.92. The van der Waals surface area contributed by atoms with Gasteiger partial charge in [-0.3, -0.25) is 9.59 Å².